The summed E-state index contributed by atoms with van der Waals surface area (Å²) in [6.07, 6.45) is 3.13. The van der Waals surface area contributed by atoms with Gasteiger partial charge in [-0.1, -0.05) is 11.8 Å². The molecule has 0 saturated carbocycles. The number of carbonyl (C=O) groups excluding carboxylic acids is 1. The van der Waals surface area contributed by atoms with Gasteiger partial charge in [-0.3, -0.25) is 19.5 Å². The van der Waals surface area contributed by atoms with Gasteiger partial charge in [0.1, 0.15) is 5.76 Å². The summed E-state index contributed by atoms with van der Waals surface area (Å²) in [6.45, 7) is 0.379. The minimum atomic E-state index is -0.504. The lowest BCUT2D eigenvalue weighted by molar-refractivity contribution is -0.384. The molecule has 0 aliphatic heterocycles. The van der Waals surface area contributed by atoms with Crippen LogP contribution in [0.15, 0.2) is 75.0 Å². The van der Waals surface area contributed by atoms with Crippen molar-refractivity contribution < 1.29 is 18.6 Å². The van der Waals surface area contributed by atoms with E-state index in [0.717, 1.165) is 0 Å². The van der Waals surface area contributed by atoms with Crippen molar-refractivity contribution in [3.63, 3.8) is 0 Å². The van der Waals surface area contributed by atoms with Gasteiger partial charge in [0, 0.05) is 17.7 Å². The number of carbonyl (C=O) groups is 1. The molecule has 29 heavy (non-hydrogen) atoms. The second kappa shape index (κ2) is 8.15. The molecule has 0 bridgehead atoms. The van der Waals surface area contributed by atoms with Gasteiger partial charge in [-0.05, 0) is 36.4 Å². The number of aromatic nitrogens is 3. The van der Waals surface area contributed by atoms with Crippen LogP contribution in [-0.4, -0.2) is 31.2 Å². The lowest BCUT2D eigenvalue weighted by Crippen LogP contribution is -2.06. The molecule has 0 N–H and O–H groups in total. The second-order valence-corrected chi connectivity index (χ2v) is 6.91. The lowest BCUT2D eigenvalue weighted by Gasteiger charge is -2.07. The van der Waals surface area contributed by atoms with E-state index in [1.165, 1.54) is 36.0 Å². The fourth-order valence-electron chi connectivity index (χ4n) is 2.67. The Balaban J connectivity index is 1.53. The third kappa shape index (κ3) is 4.11. The van der Waals surface area contributed by atoms with Crippen molar-refractivity contribution >= 4 is 23.2 Å². The number of hydrogen-bond acceptors (Lipinski definition) is 8. The summed E-state index contributed by atoms with van der Waals surface area (Å²) in [5, 5.41) is 19.7. The van der Waals surface area contributed by atoms with Crippen molar-refractivity contribution in [2.75, 3.05) is 5.75 Å². The molecule has 0 fully saturated rings. The van der Waals surface area contributed by atoms with Crippen LogP contribution < -0.4 is 0 Å². The molecule has 3 aromatic heterocycles. The molecule has 4 rings (SSSR count). The largest absolute Gasteiger partial charge is 0.467 e. The van der Waals surface area contributed by atoms with Crippen LogP contribution in [0.1, 0.15) is 16.1 Å². The summed E-state index contributed by atoms with van der Waals surface area (Å²) in [5.74, 6) is 1.72. The molecule has 0 aliphatic carbocycles. The van der Waals surface area contributed by atoms with Crippen LogP contribution in [0.2, 0.25) is 0 Å². The van der Waals surface area contributed by atoms with Gasteiger partial charge in [-0.25, -0.2) is 0 Å². The third-order valence-electron chi connectivity index (χ3n) is 4.08. The van der Waals surface area contributed by atoms with Crippen LogP contribution in [0.4, 0.5) is 5.69 Å². The van der Waals surface area contributed by atoms with Gasteiger partial charge in [0.2, 0.25) is 5.82 Å². The van der Waals surface area contributed by atoms with E-state index in [0.29, 0.717) is 34.6 Å². The normalized spacial score (nSPS) is 10.9. The van der Waals surface area contributed by atoms with E-state index in [1.807, 2.05) is 10.6 Å². The van der Waals surface area contributed by atoms with Crippen molar-refractivity contribution in [1.82, 2.24) is 14.8 Å². The van der Waals surface area contributed by atoms with Crippen LogP contribution >= 0.6 is 11.8 Å². The Morgan fingerprint density at radius 3 is 2.48 bits per heavy atom. The number of rotatable bonds is 8. The quantitative estimate of drug-likeness (QED) is 0.185. The molecule has 0 aliphatic rings. The van der Waals surface area contributed by atoms with Crippen LogP contribution in [0.3, 0.4) is 0 Å². The molecular formula is C19H14N4O5S. The highest BCUT2D eigenvalue weighted by Gasteiger charge is 2.19. The average molecular weight is 410 g/mol. The first-order valence-electron chi connectivity index (χ1n) is 8.52. The first kappa shape index (κ1) is 18.7. The first-order valence-corrected chi connectivity index (χ1v) is 9.50. The molecule has 1 aromatic carbocycles. The zero-order valence-corrected chi connectivity index (χ0v) is 15.7. The molecule has 4 aromatic rings. The van der Waals surface area contributed by atoms with Crippen molar-refractivity contribution in [2.24, 2.45) is 0 Å². The van der Waals surface area contributed by atoms with Gasteiger partial charge in [0.05, 0.1) is 29.7 Å². The zero-order chi connectivity index (χ0) is 20.2. The zero-order valence-electron chi connectivity index (χ0n) is 14.9. The molecule has 0 unspecified atom stereocenters. The van der Waals surface area contributed by atoms with E-state index >= 15 is 0 Å². The number of hydrogen-bond donors (Lipinski definition) is 0. The maximum absolute atomic E-state index is 12.5. The summed E-state index contributed by atoms with van der Waals surface area (Å²) in [6, 6.07) is 12.7. The Morgan fingerprint density at radius 1 is 1.07 bits per heavy atom. The van der Waals surface area contributed by atoms with Crippen molar-refractivity contribution in [3.8, 4) is 11.6 Å². The summed E-state index contributed by atoms with van der Waals surface area (Å²) >= 11 is 1.22. The van der Waals surface area contributed by atoms with Crippen LogP contribution in [0.25, 0.3) is 11.6 Å². The van der Waals surface area contributed by atoms with Gasteiger partial charge in [-0.15, -0.1) is 10.2 Å². The fourth-order valence-corrected chi connectivity index (χ4v) is 3.50. The third-order valence-corrected chi connectivity index (χ3v) is 5.05. The molecule has 3 heterocycles. The lowest BCUT2D eigenvalue weighted by atomic mass is 10.1. The molecule has 0 radical (unpaired) electrons. The number of furan rings is 2. The minimum Gasteiger partial charge on any atom is -0.467 e. The molecule has 0 saturated heterocycles. The van der Waals surface area contributed by atoms with E-state index in [2.05, 4.69) is 10.2 Å². The summed E-state index contributed by atoms with van der Waals surface area (Å²) in [7, 11) is 0. The Bertz CT molecular complexity index is 1120. The highest BCUT2D eigenvalue weighted by atomic mass is 32.2. The van der Waals surface area contributed by atoms with E-state index in [4.69, 9.17) is 8.83 Å². The Morgan fingerprint density at radius 2 is 1.83 bits per heavy atom. The first-order chi connectivity index (χ1) is 14.1. The molecule has 0 amide bonds. The van der Waals surface area contributed by atoms with Gasteiger partial charge in [-0.2, -0.15) is 0 Å². The number of nitro benzene ring substituents is 1. The standard InChI is InChI=1S/C19H14N4O5S/c24-16(13-5-7-14(8-6-13)23(25)26)12-29-19-21-20-18(17-4-2-10-28-17)22(19)11-15-3-1-9-27-15/h1-10H,11-12H2. The van der Waals surface area contributed by atoms with Gasteiger partial charge < -0.3 is 8.83 Å². The molecule has 9 nitrogen and oxygen atoms in total. The average Bonchev–Trinajstić information content (AvgIpc) is 3.49. The number of nitro groups is 1. The van der Waals surface area contributed by atoms with Crippen molar-refractivity contribution in [3.05, 3.63) is 82.5 Å². The van der Waals surface area contributed by atoms with Crippen molar-refractivity contribution in [2.45, 2.75) is 11.7 Å². The van der Waals surface area contributed by atoms with Gasteiger partial charge in [0.25, 0.3) is 5.69 Å². The summed E-state index contributed by atoms with van der Waals surface area (Å²) < 4.78 is 12.7. The smallest absolute Gasteiger partial charge is 0.269 e. The minimum absolute atomic E-state index is 0.0597. The summed E-state index contributed by atoms with van der Waals surface area (Å²) in [4.78, 5) is 22.7. The molecule has 0 atom stereocenters. The number of benzene rings is 1. The predicted octanol–water partition coefficient (Wildman–Crippen LogP) is 4.06. The molecule has 10 heteroatoms. The second-order valence-electron chi connectivity index (χ2n) is 5.96. The summed E-state index contributed by atoms with van der Waals surface area (Å²) in [5.41, 5.74) is 0.335. The van der Waals surface area contributed by atoms with E-state index in [1.54, 1.807) is 30.7 Å². The van der Waals surface area contributed by atoms with Gasteiger partial charge in [0.15, 0.2) is 16.7 Å². The maximum atomic E-state index is 12.5. The number of Topliss-reactive ketones (excluding diaryl/α,β-unsaturated/α-hetero) is 1. The molecular weight excluding hydrogens is 396 g/mol. The number of non-ortho nitro benzene ring substituents is 1. The van der Waals surface area contributed by atoms with Gasteiger partial charge >= 0.3 is 0 Å². The highest BCUT2D eigenvalue weighted by Crippen LogP contribution is 2.26. The number of thioether (sulfide) groups is 1. The molecule has 146 valence electrons. The van der Waals surface area contributed by atoms with E-state index in [-0.39, 0.29) is 17.2 Å². The highest BCUT2D eigenvalue weighted by molar-refractivity contribution is 7.99. The van der Waals surface area contributed by atoms with Crippen molar-refractivity contribution in [1.29, 1.82) is 0 Å². The Hall–Kier alpha value is -3.66. The SMILES string of the molecule is O=C(CSc1nnc(-c2ccco2)n1Cc1ccco1)c1ccc([N+](=O)[O-])cc1. The molecule has 0 spiro atoms. The Labute approximate surface area is 168 Å². The maximum Gasteiger partial charge on any atom is 0.269 e. The van der Waals surface area contributed by atoms with E-state index < -0.39 is 4.92 Å². The fraction of sp³-hybridized carbons (Fsp3) is 0.105. The van der Waals surface area contributed by atoms with E-state index in [9.17, 15) is 14.9 Å². The Kier molecular flexibility index (Phi) is 5.25. The van der Waals surface area contributed by atoms with Crippen LogP contribution in [0, 0.1) is 10.1 Å². The number of nitrogens with zero attached hydrogens (tertiary/aromatic N) is 4. The number of ketones is 1. The topological polar surface area (TPSA) is 117 Å². The predicted molar refractivity (Wildman–Crippen MR) is 104 cm³/mol. The van der Waals surface area contributed by atoms with Crippen LogP contribution in [0.5, 0.6) is 0 Å². The van der Waals surface area contributed by atoms with Crippen LogP contribution in [-0.2, 0) is 6.54 Å². The monoisotopic (exact) mass is 410 g/mol.